The molecule has 0 rings (SSSR count). The molecular formula is C13H28N2O2. The second-order valence-electron chi connectivity index (χ2n) is 6.57. The van der Waals surface area contributed by atoms with E-state index in [4.69, 9.17) is 10.5 Å². The molecule has 0 aliphatic heterocycles. The maximum Gasteiger partial charge on any atom is 0.410 e. The normalized spacial score (nSPS) is 12.8. The Morgan fingerprint density at radius 3 is 2.00 bits per heavy atom. The van der Waals surface area contributed by atoms with Gasteiger partial charge in [-0.2, -0.15) is 0 Å². The molecule has 1 amide bonds. The quantitative estimate of drug-likeness (QED) is 0.827. The van der Waals surface area contributed by atoms with Gasteiger partial charge in [-0.25, -0.2) is 4.79 Å². The summed E-state index contributed by atoms with van der Waals surface area (Å²) in [4.78, 5) is 13.8. The summed E-state index contributed by atoms with van der Waals surface area (Å²) < 4.78 is 5.40. The van der Waals surface area contributed by atoms with E-state index in [-0.39, 0.29) is 17.6 Å². The van der Waals surface area contributed by atoms with E-state index in [0.717, 1.165) is 0 Å². The zero-order valence-corrected chi connectivity index (χ0v) is 12.3. The molecule has 0 aromatic rings. The minimum Gasteiger partial charge on any atom is -0.444 e. The molecule has 0 saturated carbocycles. The van der Waals surface area contributed by atoms with Crippen LogP contribution in [0, 0.1) is 5.41 Å². The molecule has 0 aliphatic rings. The van der Waals surface area contributed by atoms with Crippen LogP contribution >= 0.6 is 0 Å². The van der Waals surface area contributed by atoms with Crippen molar-refractivity contribution in [2.24, 2.45) is 11.1 Å². The highest BCUT2D eigenvalue weighted by Crippen LogP contribution is 2.19. The van der Waals surface area contributed by atoms with Crippen molar-refractivity contribution in [3.8, 4) is 0 Å². The summed E-state index contributed by atoms with van der Waals surface area (Å²) in [6, 6.07) is 0.107. The molecule has 4 nitrogen and oxygen atoms in total. The highest BCUT2D eigenvalue weighted by atomic mass is 16.6. The van der Waals surface area contributed by atoms with Crippen molar-refractivity contribution in [2.45, 2.75) is 60.1 Å². The predicted molar refractivity (Wildman–Crippen MR) is 70.9 cm³/mol. The topological polar surface area (TPSA) is 55.6 Å². The molecule has 0 unspecified atom stereocenters. The highest BCUT2D eigenvalue weighted by Gasteiger charge is 2.29. The number of hydrogen-bond acceptors (Lipinski definition) is 3. The molecule has 0 saturated heterocycles. The standard InChI is InChI=1S/C13H28N2O2/c1-10(2)15(9-13(6,7)8-14)11(16)17-12(3,4)5/h10H,8-9,14H2,1-7H3. The highest BCUT2D eigenvalue weighted by molar-refractivity contribution is 5.68. The molecule has 0 aromatic heterocycles. The third-order valence-electron chi connectivity index (χ3n) is 2.40. The maximum atomic E-state index is 12.1. The van der Waals surface area contributed by atoms with Crippen molar-refractivity contribution < 1.29 is 9.53 Å². The van der Waals surface area contributed by atoms with Gasteiger partial charge in [-0.1, -0.05) is 13.8 Å². The first-order valence-corrected chi connectivity index (χ1v) is 6.18. The second kappa shape index (κ2) is 5.71. The molecular weight excluding hydrogens is 216 g/mol. The molecule has 0 heterocycles. The zero-order chi connectivity index (χ0) is 13.9. The fourth-order valence-electron chi connectivity index (χ4n) is 1.30. The van der Waals surface area contributed by atoms with Crippen LogP contribution < -0.4 is 5.73 Å². The van der Waals surface area contributed by atoms with E-state index in [2.05, 4.69) is 0 Å². The molecule has 0 aromatic carbocycles. The van der Waals surface area contributed by atoms with Crippen molar-refractivity contribution in [3.63, 3.8) is 0 Å². The van der Waals surface area contributed by atoms with Gasteiger partial charge in [0, 0.05) is 12.6 Å². The number of nitrogens with two attached hydrogens (primary N) is 1. The molecule has 17 heavy (non-hydrogen) atoms. The summed E-state index contributed by atoms with van der Waals surface area (Å²) in [6.07, 6.45) is -0.269. The van der Waals surface area contributed by atoms with Crippen LogP contribution in [-0.2, 0) is 4.74 Å². The zero-order valence-electron chi connectivity index (χ0n) is 12.3. The minimum atomic E-state index is -0.461. The van der Waals surface area contributed by atoms with Crippen molar-refractivity contribution >= 4 is 6.09 Å². The Hall–Kier alpha value is -0.770. The summed E-state index contributed by atoms with van der Waals surface area (Å²) in [6.45, 7) is 14.8. The van der Waals surface area contributed by atoms with Gasteiger partial charge in [-0.05, 0) is 46.6 Å². The SMILES string of the molecule is CC(C)N(CC(C)(C)CN)C(=O)OC(C)(C)C. The van der Waals surface area contributed by atoms with Crippen LogP contribution in [0.25, 0.3) is 0 Å². The fourth-order valence-corrected chi connectivity index (χ4v) is 1.30. The van der Waals surface area contributed by atoms with E-state index in [1.54, 1.807) is 4.90 Å². The van der Waals surface area contributed by atoms with E-state index in [1.165, 1.54) is 0 Å². The largest absolute Gasteiger partial charge is 0.444 e. The van der Waals surface area contributed by atoms with Gasteiger partial charge >= 0.3 is 6.09 Å². The summed E-state index contributed by atoms with van der Waals surface area (Å²) in [7, 11) is 0. The average molecular weight is 244 g/mol. The van der Waals surface area contributed by atoms with Crippen LogP contribution in [0.2, 0.25) is 0 Å². The molecule has 102 valence electrons. The molecule has 0 atom stereocenters. The van der Waals surface area contributed by atoms with Crippen LogP contribution in [0.5, 0.6) is 0 Å². The molecule has 0 radical (unpaired) electrons. The molecule has 0 spiro atoms. The van der Waals surface area contributed by atoms with E-state index in [0.29, 0.717) is 13.1 Å². The number of hydrogen-bond donors (Lipinski definition) is 1. The Labute approximate surface area is 105 Å². The van der Waals surface area contributed by atoms with Crippen LogP contribution in [0.15, 0.2) is 0 Å². The van der Waals surface area contributed by atoms with E-state index in [9.17, 15) is 4.79 Å². The van der Waals surface area contributed by atoms with Gasteiger partial charge in [-0.3, -0.25) is 0 Å². The van der Waals surface area contributed by atoms with Crippen molar-refractivity contribution in [1.82, 2.24) is 4.90 Å². The Kier molecular flexibility index (Phi) is 5.46. The van der Waals surface area contributed by atoms with Gasteiger partial charge in [0.05, 0.1) is 0 Å². The average Bonchev–Trinajstić information content (AvgIpc) is 2.11. The lowest BCUT2D eigenvalue weighted by Gasteiger charge is -2.35. The van der Waals surface area contributed by atoms with Crippen molar-refractivity contribution in [2.75, 3.05) is 13.1 Å². The first-order valence-electron chi connectivity index (χ1n) is 6.18. The summed E-state index contributed by atoms with van der Waals surface area (Å²) in [5.41, 5.74) is 5.15. The second-order valence-corrected chi connectivity index (χ2v) is 6.57. The van der Waals surface area contributed by atoms with Crippen LogP contribution in [-0.4, -0.2) is 35.7 Å². The van der Waals surface area contributed by atoms with E-state index >= 15 is 0 Å². The number of rotatable bonds is 4. The van der Waals surface area contributed by atoms with Gasteiger partial charge in [0.2, 0.25) is 0 Å². The van der Waals surface area contributed by atoms with E-state index < -0.39 is 5.60 Å². The monoisotopic (exact) mass is 244 g/mol. The number of carbonyl (C=O) groups excluding carboxylic acids is 1. The predicted octanol–water partition coefficient (Wildman–Crippen LogP) is 2.62. The van der Waals surface area contributed by atoms with E-state index in [1.807, 2.05) is 48.5 Å². The van der Waals surface area contributed by atoms with Crippen molar-refractivity contribution in [3.05, 3.63) is 0 Å². The lowest BCUT2D eigenvalue weighted by molar-refractivity contribution is 0.0114. The Morgan fingerprint density at radius 2 is 1.71 bits per heavy atom. The number of nitrogens with zero attached hydrogens (tertiary/aromatic N) is 1. The third kappa shape index (κ3) is 6.51. The third-order valence-corrected chi connectivity index (χ3v) is 2.40. The molecule has 4 heteroatoms. The molecule has 0 bridgehead atoms. The number of carbonyl (C=O) groups is 1. The molecule has 0 aliphatic carbocycles. The fraction of sp³-hybridized carbons (Fsp3) is 0.923. The first-order chi connectivity index (χ1) is 7.48. The minimum absolute atomic E-state index is 0.0961. The van der Waals surface area contributed by atoms with Gasteiger partial charge < -0.3 is 15.4 Å². The number of ether oxygens (including phenoxy) is 1. The summed E-state index contributed by atoms with van der Waals surface area (Å²) in [5, 5.41) is 0. The molecule has 2 N–H and O–H groups in total. The Balaban J connectivity index is 4.70. The summed E-state index contributed by atoms with van der Waals surface area (Å²) >= 11 is 0. The Bertz CT molecular complexity index is 255. The van der Waals surface area contributed by atoms with Gasteiger partial charge in [0.15, 0.2) is 0 Å². The lowest BCUT2D eigenvalue weighted by atomic mass is 9.93. The number of amides is 1. The van der Waals surface area contributed by atoms with Crippen LogP contribution in [0.4, 0.5) is 4.79 Å². The van der Waals surface area contributed by atoms with Gasteiger partial charge in [0.25, 0.3) is 0 Å². The van der Waals surface area contributed by atoms with Crippen LogP contribution in [0.1, 0.15) is 48.5 Å². The molecule has 0 fully saturated rings. The van der Waals surface area contributed by atoms with Gasteiger partial charge in [-0.15, -0.1) is 0 Å². The van der Waals surface area contributed by atoms with Gasteiger partial charge in [0.1, 0.15) is 5.60 Å². The first kappa shape index (κ1) is 16.2. The summed E-state index contributed by atoms with van der Waals surface area (Å²) in [5.74, 6) is 0. The van der Waals surface area contributed by atoms with Crippen molar-refractivity contribution in [1.29, 1.82) is 0 Å². The van der Waals surface area contributed by atoms with Crippen LogP contribution in [0.3, 0.4) is 0 Å². The Morgan fingerprint density at radius 1 is 1.24 bits per heavy atom. The smallest absolute Gasteiger partial charge is 0.410 e. The maximum absolute atomic E-state index is 12.1. The lowest BCUT2D eigenvalue weighted by Crippen LogP contribution is -2.47.